The summed E-state index contributed by atoms with van der Waals surface area (Å²) < 4.78 is 16.9. The van der Waals surface area contributed by atoms with Crippen molar-refractivity contribution in [3.05, 3.63) is 158 Å². The maximum atomic E-state index is 12.9. The van der Waals surface area contributed by atoms with E-state index >= 15 is 0 Å². The lowest BCUT2D eigenvalue weighted by Crippen LogP contribution is -2.30. The second-order valence-corrected chi connectivity index (χ2v) is 21.3. The predicted molar refractivity (Wildman–Crippen MR) is 352 cm³/mol. The minimum atomic E-state index is -0.810. The van der Waals surface area contributed by atoms with Gasteiger partial charge in [-0.05, 0) is 148 Å². The Morgan fingerprint density at radius 1 is 0.259 bits per heavy atom. The van der Waals surface area contributed by atoms with E-state index in [9.17, 15) is 14.4 Å². The van der Waals surface area contributed by atoms with Crippen LogP contribution >= 0.6 is 0 Å². The molecule has 456 valence electrons. The summed E-state index contributed by atoms with van der Waals surface area (Å²) in [5.41, 5.74) is 0. The first-order valence-electron chi connectivity index (χ1n) is 33.0. The molecule has 0 spiro atoms. The van der Waals surface area contributed by atoms with Crippen molar-refractivity contribution in [2.24, 2.45) is 0 Å². The summed E-state index contributed by atoms with van der Waals surface area (Å²) in [5, 5.41) is 0. The van der Waals surface area contributed by atoms with Gasteiger partial charge >= 0.3 is 17.9 Å². The zero-order valence-electron chi connectivity index (χ0n) is 52.2. The van der Waals surface area contributed by atoms with Crippen molar-refractivity contribution in [1.29, 1.82) is 0 Å². The zero-order chi connectivity index (χ0) is 58.5. The van der Waals surface area contributed by atoms with Gasteiger partial charge < -0.3 is 14.2 Å². The van der Waals surface area contributed by atoms with Crippen LogP contribution in [0, 0.1) is 0 Å². The number of rotatable bonds is 58. The van der Waals surface area contributed by atoms with Crippen LogP contribution in [0.15, 0.2) is 158 Å². The van der Waals surface area contributed by atoms with Crippen LogP contribution in [0.5, 0.6) is 0 Å². The Morgan fingerprint density at radius 3 is 0.778 bits per heavy atom. The lowest BCUT2D eigenvalue weighted by Gasteiger charge is -2.18. The maximum Gasteiger partial charge on any atom is 0.306 e. The molecule has 0 aromatic rings. The Balaban J connectivity index is 4.43. The van der Waals surface area contributed by atoms with E-state index in [4.69, 9.17) is 14.2 Å². The van der Waals surface area contributed by atoms with Crippen LogP contribution in [0.4, 0.5) is 0 Å². The number of hydrogen-bond acceptors (Lipinski definition) is 6. The number of allylic oxidation sites excluding steroid dienone is 26. The van der Waals surface area contributed by atoms with Crippen LogP contribution in [0.3, 0.4) is 0 Å². The molecule has 0 saturated heterocycles. The number of ether oxygens (including phenoxy) is 3. The van der Waals surface area contributed by atoms with Crippen molar-refractivity contribution >= 4 is 17.9 Å². The highest BCUT2D eigenvalue weighted by molar-refractivity contribution is 5.71. The summed E-state index contributed by atoms with van der Waals surface area (Å²) >= 11 is 0. The molecule has 1 unspecified atom stereocenters. The molecule has 0 fully saturated rings. The molecule has 6 nitrogen and oxygen atoms in total. The minimum Gasteiger partial charge on any atom is -0.462 e. The van der Waals surface area contributed by atoms with Crippen LogP contribution in [0.25, 0.3) is 0 Å². The van der Waals surface area contributed by atoms with Crippen molar-refractivity contribution in [3.63, 3.8) is 0 Å². The second kappa shape index (κ2) is 67.5. The first kappa shape index (κ1) is 76.0. The Bertz CT molecular complexity index is 1810. The van der Waals surface area contributed by atoms with Crippen LogP contribution in [-0.4, -0.2) is 37.2 Å². The molecule has 0 saturated carbocycles. The molecule has 0 bridgehead atoms. The Labute approximate surface area is 499 Å². The molecular formula is C75H120O6. The van der Waals surface area contributed by atoms with Crippen LogP contribution < -0.4 is 0 Å². The average molecular weight is 1120 g/mol. The van der Waals surface area contributed by atoms with Crippen LogP contribution in [0.1, 0.15) is 278 Å². The lowest BCUT2D eigenvalue weighted by molar-refractivity contribution is -0.167. The van der Waals surface area contributed by atoms with Gasteiger partial charge in [0.15, 0.2) is 6.10 Å². The SMILES string of the molecule is CC/C=C\C/C=C\C/C=C\C/C=C\C/C=C\C/C=C\C/C=C\C/C=C\C/C=C\CCCCCC(=O)OCC(COC(=O)CCCCCCC/C=C\C/C=C\C/C=C\CC)OC(=O)CCCCCCCCC/C=C\CCCCCCCC. The molecule has 81 heavy (non-hydrogen) atoms. The third-order valence-electron chi connectivity index (χ3n) is 13.5. The predicted octanol–water partition coefficient (Wildman–Crippen LogP) is 22.9. The van der Waals surface area contributed by atoms with Crippen LogP contribution in [-0.2, 0) is 28.6 Å². The van der Waals surface area contributed by atoms with Crippen molar-refractivity contribution < 1.29 is 28.6 Å². The molecule has 0 heterocycles. The molecule has 0 rings (SSSR count). The van der Waals surface area contributed by atoms with Gasteiger partial charge in [0, 0.05) is 19.3 Å². The molecule has 0 aromatic heterocycles. The van der Waals surface area contributed by atoms with Gasteiger partial charge in [0.2, 0.25) is 0 Å². The summed E-state index contributed by atoms with van der Waals surface area (Å²) in [6, 6.07) is 0. The number of carbonyl (C=O) groups excluding carboxylic acids is 3. The van der Waals surface area contributed by atoms with Crippen molar-refractivity contribution in [1.82, 2.24) is 0 Å². The van der Waals surface area contributed by atoms with E-state index in [1.165, 1.54) is 77.0 Å². The lowest BCUT2D eigenvalue weighted by atomic mass is 10.1. The molecule has 0 aliphatic heterocycles. The van der Waals surface area contributed by atoms with Gasteiger partial charge in [-0.25, -0.2) is 0 Å². The topological polar surface area (TPSA) is 78.9 Å². The summed E-state index contributed by atoms with van der Waals surface area (Å²) in [4.78, 5) is 38.3. The first-order valence-corrected chi connectivity index (χ1v) is 33.0. The fraction of sp³-hybridized carbons (Fsp3) is 0.613. The highest BCUT2D eigenvalue weighted by Gasteiger charge is 2.19. The minimum absolute atomic E-state index is 0.105. The van der Waals surface area contributed by atoms with E-state index in [1.54, 1.807) is 0 Å². The van der Waals surface area contributed by atoms with Crippen molar-refractivity contribution in [2.75, 3.05) is 13.2 Å². The molecule has 0 aromatic carbocycles. The highest BCUT2D eigenvalue weighted by atomic mass is 16.6. The molecule has 1 atom stereocenters. The molecule has 0 amide bonds. The first-order chi connectivity index (χ1) is 40.0. The number of esters is 3. The van der Waals surface area contributed by atoms with Gasteiger partial charge in [-0.1, -0.05) is 269 Å². The number of carbonyl (C=O) groups is 3. The van der Waals surface area contributed by atoms with Crippen molar-refractivity contribution in [3.8, 4) is 0 Å². The summed E-state index contributed by atoms with van der Waals surface area (Å²) in [6.07, 6.45) is 98.2. The van der Waals surface area contributed by atoms with E-state index < -0.39 is 6.10 Å². The summed E-state index contributed by atoms with van der Waals surface area (Å²) in [5.74, 6) is -0.959. The van der Waals surface area contributed by atoms with Crippen LogP contribution in [0.2, 0.25) is 0 Å². The molecule has 0 radical (unpaired) electrons. The van der Waals surface area contributed by atoms with E-state index in [0.717, 1.165) is 161 Å². The highest BCUT2D eigenvalue weighted by Crippen LogP contribution is 2.14. The third kappa shape index (κ3) is 65.7. The normalized spacial score (nSPS) is 13.2. The third-order valence-corrected chi connectivity index (χ3v) is 13.5. The van der Waals surface area contributed by atoms with Gasteiger partial charge in [-0.2, -0.15) is 0 Å². The van der Waals surface area contributed by atoms with Gasteiger partial charge in [-0.3, -0.25) is 14.4 Å². The van der Waals surface area contributed by atoms with E-state index in [-0.39, 0.29) is 31.1 Å². The van der Waals surface area contributed by atoms with E-state index in [1.807, 2.05) is 0 Å². The fourth-order valence-corrected chi connectivity index (χ4v) is 8.62. The number of hydrogen-bond donors (Lipinski definition) is 0. The zero-order valence-corrected chi connectivity index (χ0v) is 52.2. The monoisotopic (exact) mass is 1120 g/mol. The molecule has 0 N–H and O–H groups in total. The van der Waals surface area contributed by atoms with Gasteiger partial charge in [0.25, 0.3) is 0 Å². The average Bonchev–Trinajstić information content (AvgIpc) is 3.47. The number of unbranched alkanes of at least 4 members (excludes halogenated alkanes) is 21. The quantitative estimate of drug-likeness (QED) is 0.0261. The van der Waals surface area contributed by atoms with Gasteiger partial charge in [-0.15, -0.1) is 0 Å². The Morgan fingerprint density at radius 2 is 0.481 bits per heavy atom. The summed E-state index contributed by atoms with van der Waals surface area (Å²) in [7, 11) is 0. The van der Waals surface area contributed by atoms with Crippen molar-refractivity contribution in [2.45, 2.75) is 284 Å². The van der Waals surface area contributed by atoms with Gasteiger partial charge in [0.1, 0.15) is 13.2 Å². The molecule has 6 heteroatoms. The van der Waals surface area contributed by atoms with E-state index in [2.05, 4.69) is 179 Å². The standard InChI is InChI=1S/C75H120O6/c1-4-7-10-13-16-19-22-25-28-30-31-32-33-34-35-36-37-38-39-40-41-42-43-45-47-50-53-56-59-62-65-68-74(77)80-71-72(70-79-73(76)67-64-61-58-55-52-49-46-27-24-21-18-15-12-9-6-3)81-75(78)69-66-63-60-57-54-51-48-44-29-26-23-20-17-14-11-8-5-2/h7,9-10,12,16,18-19,21,25-29,31-32,34-35,37-38,40-41,43,45-46,50,53,72H,4-6,8,11,13-15,17,20,22-24,30,33,36,39,42,44,47-49,51-52,54-71H2,1-3H3/b10-7-,12-9-,19-16-,21-18-,28-25-,29-26-,32-31-,35-34-,38-37-,41-40-,45-43-,46-27-,53-50-. The Kier molecular flexibility index (Phi) is 63.4. The molecular weight excluding hydrogens is 997 g/mol. The smallest absolute Gasteiger partial charge is 0.306 e. The summed E-state index contributed by atoms with van der Waals surface area (Å²) in [6.45, 7) is 6.37. The van der Waals surface area contributed by atoms with Gasteiger partial charge in [0.05, 0.1) is 0 Å². The largest absolute Gasteiger partial charge is 0.462 e. The molecule has 0 aliphatic carbocycles. The maximum absolute atomic E-state index is 12.9. The Hall–Kier alpha value is -4.97. The van der Waals surface area contributed by atoms with E-state index in [0.29, 0.717) is 19.3 Å². The second-order valence-electron chi connectivity index (χ2n) is 21.3. The molecule has 0 aliphatic rings. The fourth-order valence-electron chi connectivity index (χ4n) is 8.62.